The molecule has 0 aliphatic heterocycles. The smallest absolute Gasteiger partial charge is 0.269 e. The Morgan fingerprint density at radius 3 is 2.79 bits per heavy atom. The van der Waals surface area contributed by atoms with E-state index in [2.05, 4.69) is 27.4 Å². The fourth-order valence-electron chi connectivity index (χ4n) is 1.73. The topological polar surface area (TPSA) is 77.6 Å². The van der Waals surface area contributed by atoms with E-state index >= 15 is 0 Å². The molecule has 0 bridgehead atoms. The molecule has 7 heteroatoms. The summed E-state index contributed by atoms with van der Waals surface area (Å²) in [6.07, 6.45) is 4.15. The summed E-state index contributed by atoms with van der Waals surface area (Å²) in [6, 6.07) is 1.55. The minimum Gasteiger partial charge on any atom is -0.384 e. The molecule has 0 amide bonds. The number of nitrogens with one attached hydrogen (secondary N) is 1. The number of rotatable bonds is 6. The predicted molar refractivity (Wildman–Crippen MR) is 72.1 cm³/mol. The van der Waals surface area contributed by atoms with E-state index in [0.29, 0.717) is 6.54 Å². The molecule has 2 heterocycles. The van der Waals surface area contributed by atoms with Crippen molar-refractivity contribution in [2.45, 2.75) is 33.4 Å². The third kappa shape index (κ3) is 3.18. The SMILES string of the molecule is CCCNc1cnn(Cc2ncnn2CC)c(=O)c1. The summed E-state index contributed by atoms with van der Waals surface area (Å²) < 4.78 is 3.13. The molecule has 2 aromatic heterocycles. The fourth-order valence-corrected chi connectivity index (χ4v) is 1.73. The molecule has 0 atom stereocenters. The van der Waals surface area contributed by atoms with Gasteiger partial charge in [0.2, 0.25) is 0 Å². The van der Waals surface area contributed by atoms with Gasteiger partial charge in [0.25, 0.3) is 5.56 Å². The number of aryl methyl sites for hydroxylation is 1. The first-order valence-electron chi connectivity index (χ1n) is 6.42. The first-order chi connectivity index (χ1) is 9.24. The molecular weight excluding hydrogens is 244 g/mol. The van der Waals surface area contributed by atoms with Gasteiger partial charge in [-0.2, -0.15) is 10.2 Å². The van der Waals surface area contributed by atoms with E-state index in [9.17, 15) is 4.79 Å². The lowest BCUT2D eigenvalue weighted by Crippen LogP contribution is -2.25. The van der Waals surface area contributed by atoms with Crippen LogP contribution in [0.15, 0.2) is 23.4 Å². The van der Waals surface area contributed by atoms with Crippen molar-refractivity contribution in [1.82, 2.24) is 24.5 Å². The molecule has 1 N–H and O–H groups in total. The Morgan fingerprint density at radius 1 is 1.26 bits per heavy atom. The molecule has 7 nitrogen and oxygen atoms in total. The lowest BCUT2D eigenvalue weighted by atomic mass is 10.4. The third-order valence-corrected chi connectivity index (χ3v) is 2.74. The van der Waals surface area contributed by atoms with Crippen LogP contribution < -0.4 is 10.9 Å². The Balaban J connectivity index is 2.15. The van der Waals surface area contributed by atoms with Crippen molar-refractivity contribution in [3.63, 3.8) is 0 Å². The monoisotopic (exact) mass is 262 g/mol. The summed E-state index contributed by atoms with van der Waals surface area (Å²) in [4.78, 5) is 16.1. The second kappa shape index (κ2) is 6.12. The number of hydrogen-bond donors (Lipinski definition) is 1. The van der Waals surface area contributed by atoms with Crippen molar-refractivity contribution in [3.8, 4) is 0 Å². The Bertz CT molecular complexity index is 588. The maximum absolute atomic E-state index is 11.9. The van der Waals surface area contributed by atoms with Crippen LogP contribution in [0, 0.1) is 0 Å². The summed E-state index contributed by atoms with van der Waals surface area (Å²) in [5.41, 5.74) is 0.604. The van der Waals surface area contributed by atoms with E-state index in [4.69, 9.17) is 0 Å². The second-order valence-electron chi connectivity index (χ2n) is 4.16. The number of nitrogens with zero attached hydrogens (tertiary/aromatic N) is 5. The Labute approximate surface area is 111 Å². The van der Waals surface area contributed by atoms with Gasteiger partial charge in [-0.05, 0) is 13.3 Å². The standard InChI is InChI=1S/C12H18N6O/c1-3-5-13-10-6-12(19)18(15-7-10)8-11-14-9-16-17(11)4-2/h6-7,9,13H,3-5,8H2,1-2H3. The lowest BCUT2D eigenvalue weighted by molar-refractivity contribution is 0.551. The molecule has 0 unspecified atom stereocenters. The van der Waals surface area contributed by atoms with Crippen LogP contribution in [0.3, 0.4) is 0 Å². The lowest BCUT2D eigenvalue weighted by Gasteiger charge is -2.07. The molecule has 0 saturated carbocycles. The van der Waals surface area contributed by atoms with Gasteiger partial charge in [0.15, 0.2) is 0 Å². The van der Waals surface area contributed by atoms with Crippen LogP contribution in [0.4, 0.5) is 5.69 Å². The normalized spacial score (nSPS) is 10.6. The van der Waals surface area contributed by atoms with Crippen LogP contribution in [0.5, 0.6) is 0 Å². The van der Waals surface area contributed by atoms with Gasteiger partial charge in [-0.15, -0.1) is 0 Å². The molecule has 0 aliphatic rings. The fraction of sp³-hybridized carbons (Fsp3) is 0.500. The number of aromatic nitrogens is 5. The van der Waals surface area contributed by atoms with Gasteiger partial charge in [-0.3, -0.25) is 4.79 Å². The van der Waals surface area contributed by atoms with Gasteiger partial charge < -0.3 is 5.32 Å². The van der Waals surface area contributed by atoms with Crippen LogP contribution in [-0.4, -0.2) is 31.1 Å². The van der Waals surface area contributed by atoms with Crippen LogP contribution in [0.2, 0.25) is 0 Å². The highest BCUT2D eigenvalue weighted by atomic mass is 16.1. The Hall–Kier alpha value is -2.18. The maximum Gasteiger partial charge on any atom is 0.269 e. The van der Waals surface area contributed by atoms with Crippen molar-refractivity contribution >= 4 is 5.69 Å². The Kier molecular flexibility index (Phi) is 4.27. The van der Waals surface area contributed by atoms with E-state index in [1.807, 2.05) is 6.92 Å². The van der Waals surface area contributed by atoms with Crippen LogP contribution in [-0.2, 0) is 13.1 Å². The van der Waals surface area contributed by atoms with Gasteiger partial charge in [-0.1, -0.05) is 6.92 Å². The Morgan fingerprint density at radius 2 is 2.11 bits per heavy atom. The third-order valence-electron chi connectivity index (χ3n) is 2.74. The van der Waals surface area contributed by atoms with Crippen molar-refractivity contribution < 1.29 is 0 Å². The first-order valence-corrected chi connectivity index (χ1v) is 6.42. The van der Waals surface area contributed by atoms with Gasteiger partial charge in [0, 0.05) is 19.2 Å². The average Bonchev–Trinajstić information content (AvgIpc) is 2.86. The molecule has 102 valence electrons. The van der Waals surface area contributed by atoms with E-state index in [-0.39, 0.29) is 5.56 Å². The first kappa shape index (κ1) is 13.3. The molecule has 0 radical (unpaired) electrons. The van der Waals surface area contributed by atoms with Crippen molar-refractivity contribution in [3.05, 3.63) is 34.8 Å². The second-order valence-corrected chi connectivity index (χ2v) is 4.16. The van der Waals surface area contributed by atoms with Crippen LogP contribution in [0.25, 0.3) is 0 Å². The molecule has 2 aromatic rings. The molecule has 0 spiro atoms. The molecule has 2 rings (SSSR count). The quantitative estimate of drug-likeness (QED) is 0.830. The van der Waals surface area contributed by atoms with E-state index in [1.165, 1.54) is 11.0 Å². The molecule has 0 saturated heterocycles. The minimum absolute atomic E-state index is 0.147. The molecule has 0 aromatic carbocycles. The van der Waals surface area contributed by atoms with E-state index < -0.39 is 0 Å². The predicted octanol–water partition coefficient (Wildman–Crippen LogP) is 0.725. The molecule has 19 heavy (non-hydrogen) atoms. The van der Waals surface area contributed by atoms with Gasteiger partial charge in [0.1, 0.15) is 18.7 Å². The zero-order valence-corrected chi connectivity index (χ0v) is 11.2. The highest BCUT2D eigenvalue weighted by molar-refractivity contribution is 5.38. The van der Waals surface area contributed by atoms with Gasteiger partial charge >= 0.3 is 0 Å². The maximum atomic E-state index is 11.9. The minimum atomic E-state index is -0.147. The summed E-state index contributed by atoms with van der Waals surface area (Å²) in [6.45, 7) is 5.93. The number of hydrogen-bond acceptors (Lipinski definition) is 5. The zero-order valence-electron chi connectivity index (χ0n) is 11.2. The number of anilines is 1. The van der Waals surface area contributed by atoms with Crippen molar-refractivity contribution in [2.24, 2.45) is 0 Å². The van der Waals surface area contributed by atoms with E-state index in [1.54, 1.807) is 16.9 Å². The van der Waals surface area contributed by atoms with Crippen molar-refractivity contribution in [1.29, 1.82) is 0 Å². The highest BCUT2D eigenvalue weighted by Crippen LogP contribution is 2.01. The molecular formula is C12H18N6O. The highest BCUT2D eigenvalue weighted by Gasteiger charge is 2.06. The summed E-state index contributed by atoms with van der Waals surface area (Å²) in [7, 11) is 0. The van der Waals surface area contributed by atoms with Crippen LogP contribution >= 0.6 is 0 Å². The zero-order chi connectivity index (χ0) is 13.7. The van der Waals surface area contributed by atoms with Gasteiger partial charge in [-0.25, -0.2) is 14.3 Å². The molecule has 0 aliphatic carbocycles. The summed E-state index contributed by atoms with van der Waals surface area (Å²) >= 11 is 0. The largest absolute Gasteiger partial charge is 0.384 e. The van der Waals surface area contributed by atoms with Crippen molar-refractivity contribution in [2.75, 3.05) is 11.9 Å². The van der Waals surface area contributed by atoms with E-state index in [0.717, 1.165) is 31.0 Å². The summed E-state index contributed by atoms with van der Waals surface area (Å²) in [5.74, 6) is 0.728. The van der Waals surface area contributed by atoms with Gasteiger partial charge in [0.05, 0.1) is 11.9 Å². The summed E-state index contributed by atoms with van der Waals surface area (Å²) in [5, 5.41) is 11.3. The van der Waals surface area contributed by atoms with Crippen LogP contribution in [0.1, 0.15) is 26.1 Å². The average molecular weight is 262 g/mol. The molecule has 0 fully saturated rings.